The lowest BCUT2D eigenvalue weighted by Gasteiger charge is -2.15. The lowest BCUT2D eigenvalue weighted by atomic mass is 10.0. The molecule has 0 radical (unpaired) electrons. The van der Waals surface area contributed by atoms with Gasteiger partial charge in [-0.1, -0.05) is 38.1 Å². The first-order valence-electron chi connectivity index (χ1n) is 9.83. The second-order valence-corrected chi connectivity index (χ2v) is 8.27. The maximum absolute atomic E-state index is 13.4. The molecule has 0 unspecified atom stereocenters. The van der Waals surface area contributed by atoms with E-state index in [1.807, 2.05) is 25.1 Å². The molecule has 0 aliphatic carbocycles. The van der Waals surface area contributed by atoms with Crippen molar-refractivity contribution in [1.29, 1.82) is 0 Å². The van der Waals surface area contributed by atoms with Crippen LogP contribution in [0.25, 0.3) is 10.6 Å². The summed E-state index contributed by atoms with van der Waals surface area (Å²) in [5.74, 6) is -0.313. The Hall–Kier alpha value is -3.26. The third-order valence-corrected chi connectivity index (χ3v) is 5.40. The monoisotopic (exact) mass is 441 g/mol. The Morgan fingerprint density at radius 2 is 1.90 bits per heavy atom. The lowest BCUT2D eigenvalue weighted by Crippen LogP contribution is -2.44. The van der Waals surface area contributed by atoms with E-state index < -0.39 is 11.8 Å². The zero-order valence-corrected chi connectivity index (χ0v) is 18.4. The van der Waals surface area contributed by atoms with Crippen LogP contribution in [0.5, 0.6) is 5.75 Å². The van der Waals surface area contributed by atoms with Crippen molar-refractivity contribution in [2.75, 3.05) is 6.61 Å². The maximum Gasteiger partial charge on any atom is 0.276 e. The number of rotatable bonds is 7. The molecule has 2 aromatic carbocycles. The molecule has 0 bridgehead atoms. The third kappa shape index (κ3) is 6.36. The number of nitrogens with zero attached hydrogens (tertiary/aromatic N) is 1. The Balaban J connectivity index is 1.48. The molecule has 31 heavy (non-hydrogen) atoms. The van der Waals surface area contributed by atoms with Crippen LogP contribution in [0.15, 0.2) is 47.8 Å². The Morgan fingerprint density at radius 1 is 1.13 bits per heavy atom. The van der Waals surface area contributed by atoms with Crippen LogP contribution < -0.4 is 15.6 Å². The van der Waals surface area contributed by atoms with Crippen LogP contribution in [0, 0.1) is 12.7 Å². The van der Waals surface area contributed by atoms with Gasteiger partial charge in [-0.2, -0.15) is 0 Å². The van der Waals surface area contributed by atoms with Crippen molar-refractivity contribution >= 4 is 23.2 Å². The van der Waals surface area contributed by atoms with Crippen molar-refractivity contribution in [1.82, 2.24) is 15.8 Å². The van der Waals surface area contributed by atoms with Crippen LogP contribution in [0.2, 0.25) is 0 Å². The van der Waals surface area contributed by atoms with Crippen LogP contribution >= 0.6 is 11.3 Å². The minimum absolute atomic E-state index is 0.0116. The number of aromatic nitrogens is 1. The summed E-state index contributed by atoms with van der Waals surface area (Å²) < 4.78 is 19.0. The number of amides is 2. The molecule has 0 saturated carbocycles. The number of aryl methyl sites for hydroxylation is 1. The number of ether oxygens (including phenoxy) is 1. The van der Waals surface area contributed by atoms with E-state index in [1.165, 1.54) is 23.5 Å². The fourth-order valence-corrected chi connectivity index (χ4v) is 3.73. The summed E-state index contributed by atoms with van der Waals surface area (Å²) in [6, 6.07) is 12.0. The number of thiazole rings is 1. The quantitative estimate of drug-likeness (QED) is 0.540. The summed E-state index contributed by atoms with van der Waals surface area (Å²) in [4.78, 5) is 28.5. The van der Waals surface area contributed by atoms with Crippen LogP contribution in [0.4, 0.5) is 4.39 Å². The van der Waals surface area contributed by atoms with Gasteiger partial charge in [-0.15, -0.1) is 11.3 Å². The highest BCUT2D eigenvalue weighted by Crippen LogP contribution is 2.27. The highest BCUT2D eigenvalue weighted by Gasteiger charge is 2.13. The van der Waals surface area contributed by atoms with Gasteiger partial charge < -0.3 is 4.74 Å². The fraction of sp³-hybridized carbons (Fsp3) is 0.261. The molecule has 2 amide bonds. The summed E-state index contributed by atoms with van der Waals surface area (Å²) in [7, 11) is 0. The van der Waals surface area contributed by atoms with Crippen molar-refractivity contribution in [3.05, 3.63) is 70.5 Å². The normalized spacial score (nSPS) is 10.7. The van der Waals surface area contributed by atoms with E-state index in [4.69, 9.17) is 4.74 Å². The molecule has 1 heterocycles. The van der Waals surface area contributed by atoms with E-state index in [0.29, 0.717) is 22.0 Å². The van der Waals surface area contributed by atoms with Gasteiger partial charge in [-0.05, 0) is 42.2 Å². The molecule has 8 heteroatoms. The first-order chi connectivity index (χ1) is 14.8. The number of hydrogen-bond donors (Lipinski definition) is 2. The van der Waals surface area contributed by atoms with Gasteiger partial charge >= 0.3 is 0 Å². The van der Waals surface area contributed by atoms with Crippen molar-refractivity contribution in [2.24, 2.45) is 0 Å². The molecule has 2 N–H and O–H groups in total. The molecule has 3 aromatic rings. The smallest absolute Gasteiger partial charge is 0.276 e. The number of hydrazine groups is 1. The molecular formula is C23H24FN3O3S. The Labute approximate surface area is 184 Å². The van der Waals surface area contributed by atoms with Crippen LogP contribution in [0.3, 0.4) is 0 Å². The Bertz CT molecular complexity index is 1080. The van der Waals surface area contributed by atoms with Crippen molar-refractivity contribution in [3.63, 3.8) is 0 Å². The molecule has 0 saturated heterocycles. The summed E-state index contributed by atoms with van der Waals surface area (Å²) >= 11 is 1.32. The summed E-state index contributed by atoms with van der Waals surface area (Å²) in [5.41, 5.74) is 7.94. The molecule has 3 rings (SSSR count). The lowest BCUT2D eigenvalue weighted by molar-refractivity contribution is -0.129. The van der Waals surface area contributed by atoms with E-state index in [0.717, 1.165) is 11.1 Å². The predicted molar refractivity (Wildman–Crippen MR) is 118 cm³/mol. The molecule has 162 valence electrons. The number of hydrogen-bond acceptors (Lipinski definition) is 5. The zero-order valence-electron chi connectivity index (χ0n) is 17.6. The van der Waals surface area contributed by atoms with Gasteiger partial charge in [0.25, 0.3) is 5.91 Å². The largest absolute Gasteiger partial charge is 0.483 e. The zero-order chi connectivity index (χ0) is 22.4. The number of benzene rings is 2. The van der Waals surface area contributed by atoms with Crippen LogP contribution in [-0.4, -0.2) is 23.4 Å². The van der Waals surface area contributed by atoms with Gasteiger partial charge in [0.2, 0.25) is 5.91 Å². The highest BCUT2D eigenvalue weighted by atomic mass is 32.1. The van der Waals surface area contributed by atoms with Crippen molar-refractivity contribution in [2.45, 2.75) is 33.1 Å². The molecular weight excluding hydrogens is 417 g/mol. The van der Waals surface area contributed by atoms with Crippen molar-refractivity contribution in [3.8, 4) is 16.3 Å². The Kier molecular flexibility index (Phi) is 7.36. The molecule has 1 aromatic heterocycles. The van der Waals surface area contributed by atoms with E-state index in [1.54, 1.807) is 17.5 Å². The number of halogens is 1. The summed E-state index contributed by atoms with van der Waals surface area (Å²) in [6.45, 7) is 5.84. The molecule has 6 nitrogen and oxygen atoms in total. The molecule has 0 spiro atoms. The predicted octanol–water partition coefficient (Wildman–Crippen LogP) is 4.15. The highest BCUT2D eigenvalue weighted by molar-refractivity contribution is 7.13. The van der Waals surface area contributed by atoms with E-state index in [9.17, 15) is 14.0 Å². The molecule has 0 atom stereocenters. The summed E-state index contributed by atoms with van der Waals surface area (Å²) in [6.07, 6.45) is -0.0116. The van der Waals surface area contributed by atoms with Crippen molar-refractivity contribution < 1.29 is 18.7 Å². The molecule has 0 aliphatic rings. The van der Waals surface area contributed by atoms with Crippen LogP contribution in [-0.2, 0) is 16.0 Å². The standard InChI is InChI=1S/C23H24FN3O3S/c1-14(2)19-8-7-15(3)9-20(19)30-12-22(29)27-26-21(28)11-18-13-31-23(25-18)16-5-4-6-17(24)10-16/h4-10,13-14H,11-12H2,1-3H3,(H,26,28)(H,27,29). The van der Waals surface area contributed by atoms with Gasteiger partial charge in [0.1, 0.15) is 16.6 Å². The SMILES string of the molecule is Cc1ccc(C(C)C)c(OCC(=O)NNC(=O)Cc2csc(-c3cccc(F)c3)n2)c1. The minimum atomic E-state index is -0.469. The number of nitrogens with one attached hydrogen (secondary N) is 2. The van der Waals surface area contributed by atoms with E-state index >= 15 is 0 Å². The number of carbonyl (C=O) groups is 2. The van der Waals surface area contributed by atoms with Gasteiger partial charge in [0.05, 0.1) is 12.1 Å². The Morgan fingerprint density at radius 3 is 2.65 bits per heavy atom. The minimum Gasteiger partial charge on any atom is -0.483 e. The first-order valence-corrected chi connectivity index (χ1v) is 10.7. The second kappa shape index (κ2) is 10.2. The van der Waals surface area contributed by atoms with Gasteiger partial charge in [-0.3, -0.25) is 20.4 Å². The van der Waals surface area contributed by atoms with Gasteiger partial charge in [-0.25, -0.2) is 9.37 Å². The fourth-order valence-electron chi connectivity index (χ4n) is 2.91. The van der Waals surface area contributed by atoms with Crippen LogP contribution in [0.1, 0.15) is 36.6 Å². The average molecular weight is 442 g/mol. The number of carbonyl (C=O) groups excluding carboxylic acids is 2. The maximum atomic E-state index is 13.4. The third-order valence-electron chi connectivity index (χ3n) is 4.46. The second-order valence-electron chi connectivity index (χ2n) is 7.41. The molecule has 0 fully saturated rings. The van der Waals surface area contributed by atoms with E-state index in [2.05, 4.69) is 29.7 Å². The summed E-state index contributed by atoms with van der Waals surface area (Å²) in [5, 5.41) is 2.36. The average Bonchev–Trinajstić information content (AvgIpc) is 3.19. The topological polar surface area (TPSA) is 80.3 Å². The van der Waals surface area contributed by atoms with Gasteiger partial charge in [0.15, 0.2) is 6.61 Å². The van der Waals surface area contributed by atoms with E-state index in [-0.39, 0.29) is 24.8 Å². The molecule has 0 aliphatic heterocycles. The van der Waals surface area contributed by atoms with Gasteiger partial charge in [0, 0.05) is 10.9 Å². The first kappa shape index (κ1) is 22.4.